The van der Waals surface area contributed by atoms with Crippen LogP contribution in [-0.2, 0) is 11.8 Å². The van der Waals surface area contributed by atoms with E-state index in [1.54, 1.807) is 6.07 Å². The quantitative estimate of drug-likeness (QED) is 0.523. The summed E-state index contributed by atoms with van der Waals surface area (Å²) in [5.41, 5.74) is 10.3. The molecule has 0 aliphatic carbocycles. The van der Waals surface area contributed by atoms with Crippen LogP contribution in [0.1, 0.15) is 10.4 Å². The van der Waals surface area contributed by atoms with Gasteiger partial charge in [-0.2, -0.15) is 0 Å². The lowest BCUT2D eigenvalue weighted by Crippen LogP contribution is -2.24. The number of nitrogens with one attached hydrogen (secondary N) is 1. The fourth-order valence-corrected chi connectivity index (χ4v) is 2.67. The van der Waals surface area contributed by atoms with Gasteiger partial charge in [-0.15, -0.1) is 0 Å². The summed E-state index contributed by atoms with van der Waals surface area (Å²) in [7, 11) is 2.91. The monoisotopic (exact) mass is 398 g/mol. The topological polar surface area (TPSA) is 164 Å². The minimum Gasteiger partial charge on any atom is -0.492 e. The highest BCUT2D eigenvalue weighted by Gasteiger charge is 2.17. The van der Waals surface area contributed by atoms with Crippen LogP contribution in [0.15, 0.2) is 35.4 Å². The summed E-state index contributed by atoms with van der Waals surface area (Å²) in [6.45, 7) is -0.354. The van der Waals surface area contributed by atoms with Gasteiger partial charge in [0.05, 0.1) is 18.1 Å². The van der Waals surface area contributed by atoms with Crippen molar-refractivity contribution in [1.29, 1.82) is 0 Å². The number of benzene rings is 1. The van der Waals surface area contributed by atoms with E-state index >= 15 is 0 Å². The Kier molecular flexibility index (Phi) is 5.30. The van der Waals surface area contributed by atoms with Crippen molar-refractivity contribution in [2.24, 2.45) is 12.8 Å². The number of nitrogen functional groups attached to an aromatic ring is 1. The molecule has 0 unspecified atom stereocenters. The highest BCUT2D eigenvalue weighted by atomic mass is 16.5. The summed E-state index contributed by atoms with van der Waals surface area (Å²) < 4.78 is 12.0. The molecular weight excluding hydrogens is 380 g/mol. The number of carbonyl (C=O) groups is 2. The standard InChI is InChI=1S/C18H18N6O5/c1-24-14(23-16(26)9-6-21-18(20)22-7-9)5-11-10(17(24)27)3-4-12(15(11)28-2)29-8-13(19)25/h3-7H,8H2,1-2H3,(H2,19,25)(H,23,26)(H2,20,21,22). The van der Waals surface area contributed by atoms with Crippen LogP contribution in [0.3, 0.4) is 0 Å². The van der Waals surface area contributed by atoms with E-state index in [1.807, 2.05) is 0 Å². The van der Waals surface area contributed by atoms with Gasteiger partial charge < -0.3 is 26.3 Å². The van der Waals surface area contributed by atoms with E-state index in [9.17, 15) is 14.4 Å². The van der Waals surface area contributed by atoms with Crippen molar-refractivity contribution in [1.82, 2.24) is 14.5 Å². The number of rotatable bonds is 6. The lowest BCUT2D eigenvalue weighted by atomic mass is 10.1. The predicted octanol–water partition coefficient (Wildman–Crippen LogP) is 0.0357. The van der Waals surface area contributed by atoms with Crippen LogP contribution in [-0.4, -0.2) is 40.1 Å². The number of anilines is 2. The first kappa shape index (κ1) is 19.6. The van der Waals surface area contributed by atoms with E-state index in [4.69, 9.17) is 20.9 Å². The fraction of sp³-hybridized carbons (Fsp3) is 0.167. The molecule has 29 heavy (non-hydrogen) atoms. The van der Waals surface area contributed by atoms with Crippen LogP contribution in [0.5, 0.6) is 11.5 Å². The summed E-state index contributed by atoms with van der Waals surface area (Å²) in [4.78, 5) is 43.8. The maximum atomic E-state index is 12.8. The molecule has 11 heteroatoms. The summed E-state index contributed by atoms with van der Waals surface area (Å²) in [5.74, 6) is -0.485. The van der Waals surface area contributed by atoms with Crippen molar-refractivity contribution < 1.29 is 19.1 Å². The number of hydrogen-bond donors (Lipinski definition) is 3. The number of hydrogen-bond acceptors (Lipinski definition) is 8. The van der Waals surface area contributed by atoms with Gasteiger partial charge in [0, 0.05) is 24.8 Å². The van der Waals surface area contributed by atoms with Crippen LogP contribution in [0, 0.1) is 0 Å². The molecule has 0 fully saturated rings. The van der Waals surface area contributed by atoms with Crippen LogP contribution < -0.4 is 31.8 Å². The van der Waals surface area contributed by atoms with Crippen LogP contribution in [0.2, 0.25) is 0 Å². The molecule has 1 aromatic carbocycles. The molecule has 2 amide bonds. The number of primary amides is 1. The number of nitrogens with two attached hydrogens (primary N) is 2. The van der Waals surface area contributed by atoms with E-state index < -0.39 is 11.8 Å². The van der Waals surface area contributed by atoms with E-state index in [0.717, 1.165) is 0 Å². The van der Waals surface area contributed by atoms with Gasteiger partial charge in [0.2, 0.25) is 5.95 Å². The van der Waals surface area contributed by atoms with Gasteiger partial charge in [-0.3, -0.25) is 19.0 Å². The molecule has 2 aromatic heterocycles. The lowest BCUT2D eigenvalue weighted by Gasteiger charge is -2.15. The molecule has 150 valence electrons. The number of fused-ring (bicyclic) bond motifs is 1. The molecule has 0 spiro atoms. The van der Waals surface area contributed by atoms with Crippen LogP contribution in [0.4, 0.5) is 11.8 Å². The Hall–Kier alpha value is -4.15. The van der Waals surface area contributed by atoms with E-state index in [1.165, 1.54) is 43.3 Å². The third-order valence-corrected chi connectivity index (χ3v) is 4.09. The lowest BCUT2D eigenvalue weighted by molar-refractivity contribution is -0.119. The Morgan fingerprint density at radius 3 is 2.52 bits per heavy atom. The second-order valence-corrected chi connectivity index (χ2v) is 5.99. The van der Waals surface area contributed by atoms with Gasteiger partial charge >= 0.3 is 0 Å². The zero-order chi connectivity index (χ0) is 21.1. The highest BCUT2D eigenvalue weighted by Crippen LogP contribution is 2.35. The molecule has 0 radical (unpaired) electrons. The van der Waals surface area contributed by atoms with E-state index in [0.29, 0.717) is 10.8 Å². The summed E-state index contributed by atoms with van der Waals surface area (Å²) >= 11 is 0. The van der Waals surface area contributed by atoms with Gasteiger partial charge in [0.15, 0.2) is 18.1 Å². The maximum Gasteiger partial charge on any atom is 0.259 e. The number of nitrogens with zero attached hydrogens (tertiary/aromatic N) is 3. The first-order chi connectivity index (χ1) is 13.8. The van der Waals surface area contributed by atoms with Crippen molar-refractivity contribution in [3.63, 3.8) is 0 Å². The van der Waals surface area contributed by atoms with Crippen molar-refractivity contribution in [3.8, 4) is 11.5 Å². The molecular formula is C18H18N6O5. The first-order valence-corrected chi connectivity index (χ1v) is 8.32. The molecule has 0 bridgehead atoms. The minimum absolute atomic E-state index is 0.0351. The molecule has 3 rings (SSSR count). The Balaban J connectivity index is 2.06. The molecule has 0 atom stereocenters. The molecule has 0 aliphatic rings. The maximum absolute atomic E-state index is 12.8. The number of carbonyl (C=O) groups excluding carboxylic acids is 2. The summed E-state index contributed by atoms with van der Waals surface area (Å²) in [6, 6.07) is 4.61. The van der Waals surface area contributed by atoms with Crippen molar-refractivity contribution in [2.75, 3.05) is 24.8 Å². The predicted molar refractivity (Wildman–Crippen MR) is 105 cm³/mol. The summed E-state index contributed by atoms with van der Waals surface area (Å²) in [5, 5.41) is 3.36. The first-order valence-electron chi connectivity index (χ1n) is 8.32. The number of methoxy groups -OCH3 is 1. The second-order valence-electron chi connectivity index (χ2n) is 5.99. The van der Waals surface area contributed by atoms with Gasteiger partial charge in [-0.25, -0.2) is 9.97 Å². The molecule has 0 saturated heterocycles. The second kappa shape index (κ2) is 7.84. The van der Waals surface area contributed by atoms with Crippen LogP contribution in [0.25, 0.3) is 10.8 Å². The normalized spacial score (nSPS) is 10.6. The molecule has 5 N–H and O–H groups in total. The average Bonchev–Trinajstić information content (AvgIpc) is 2.70. The zero-order valence-corrected chi connectivity index (χ0v) is 15.6. The molecule has 2 heterocycles. The Bertz CT molecular complexity index is 1160. The number of amides is 2. The van der Waals surface area contributed by atoms with E-state index in [-0.39, 0.29) is 41.0 Å². The number of aromatic nitrogens is 3. The third-order valence-electron chi connectivity index (χ3n) is 4.09. The van der Waals surface area contributed by atoms with Crippen LogP contribution >= 0.6 is 0 Å². The zero-order valence-electron chi connectivity index (χ0n) is 15.6. The Labute approximate surface area is 164 Å². The Morgan fingerprint density at radius 1 is 1.21 bits per heavy atom. The highest BCUT2D eigenvalue weighted by molar-refractivity contribution is 6.04. The average molecular weight is 398 g/mol. The van der Waals surface area contributed by atoms with Gasteiger partial charge in [-0.05, 0) is 18.2 Å². The number of ether oxygens (including phenoxy) is 2. The number of pyridine rings is 1. The minimum atomic E-state index is -0.658. The summed E-state index contributed by atoms with van der Waals surface area (Å²) in [6.07, 6.45) is 2.54. The van der Waals surface area contributed by atoms with Gasteiger partial charge in [-0.1, -0.05) is 0 Å². The van der Waals surface area contributed by atoms with Crippen molar-refractivity contribution in [2.45, 2.75) is 0 Å². The largest absolute Gasteiger partial charge is 0.492 e. The van der Waals surface area contributed by atoms with Gasteiger partial charge in [0.1, 0.15) is 5.82 Å². The third kappa shape index (κ3) is 3.93. The SMILES string of the molecule is COc1c(OCC(N)=O)ccc2c(=O)n(C)c(NC(=O)c3cnc(N)nc3)cc12. The Morgan fingerprint density at radius 2 is 1.90 bits per heavy atom. The van der Waals surface area contributed by atoms with Gasteiger partial charge in [0.25, 0.3) is 17.4 Å². The molecule has 11 nitrogen and oxygen atoms in total. The smallest absolute Gasteiger partial charge is 0.259 e. The molecule has 0 aliphatic heterocycles. The molecule has 0 saturated carbocycles. The fourth-order valence-electron chi connectivity index (χ4n) is 2.67. The van der Waals surface area contributed by atoms with Crippen molar-refractivity contribution >= 4 is 34.4 Å². The molecule has 3 aromatic rings. The van der Waals surface area contributed by atoms with Crippen molar-refractivity contribution in [3.05, 3.63) is 46.5 Å². The van der Waals surface area contributed by atoms with E-state index in [2.05, 4.69) is 15.3 Å².